The molecule has 2 aromatic rings. The number of aromatic nitrogens is 2. The van der Waals surface area contributed by atoms with Crippen LogP contribution >= 0.6 is 0 Å². The number of hydrogen-bond acceptors (Lipinski definition) is 7. The fourth-order valence-electron chi connectivity index (χ4n) is 4.08. The van der Waals surface area contributed by atoms with Crippen molar-refractivity contribution in [2.45, 2.75) is 65.6 Å². The number of nitrogens with zero attached hydrogens (tertiary/aromatic N) is 2. The third-order valence-corrected chi connectivity index (χ3v) is 5.25. The zero-order valence-corrected chi connectivity index (χ0v) is 18.0. The predicted molar refractivity (Wildman–Crippen MR) is 109 cm³/mol. The van der Waals surface area contributed by atoms with Crippen LogP contribution in [0.5, 0.6) is 5.75 Å². The molecule has 1 aromatic carbocycles. The zero-order valence-electron chi connectivity index (χ0n) is 18.0. The minimum atomic E-state index is -0.413. The molecule has 0 aliphatic carbocycles. The summed E-state index contributed by atoms with van der Waals surface area (Å²) < 4.78 is 24.9. The summed E-state index contributed by atoms with van der Waals surface area (Å²) >= 11 is 0. The van der Waals surface area contributed by atoms with Crippen molar-refractivity contribution in [3.8, 4) is 5.75 Å². The Balaban J connectivity index is 1.56. The molecule has 0 radical (unpaired) electrons. The Labute approximate surface area is 175 Å². The number of fused-ring (bicyclic) bond motifs is 2. The van der Waals surface area contributed by atoms with Gasteiger partial charge in [-0.05, 0) is 23.6 Å². The van der Waals surface area contributed by atoms with Crippen molar-refractivity contribution in [2.24, 2.45) is 5.41 Å². The van der Waals surface area contributed by atoms with Gasteiger partial charge >= 0.3 is 5.97 Å². The molecule has 0 saturated carbocycles. The fourth-order valence-corrected chi connectivity index (χ4v) is 4.08. The number of rotatable bonds is 5. The van der Waals surface area contributed by atoms with Crippen molar-refractivity contribution in [1.29, 1.82) is 0 Å². The number of ketones is 1. The van der Waals surface area contributed by atoms with E-state index in [4.69, 9.17) is 18.9 Å². The summed E-state index contributed by atoms with van der Waals surface area (Å²) in [6, 6.07) is 5.66. The van der Waals surface area contributed by atoms with E-state index < -0.39 is 6.10 Å². The largest absolute Gasteiger partial charge is 0.485 e. The molecule has 3 heterocycles. The van der Waals surface area contributed by atoms with Gasteiger partial charge in [0.2, 0.25) is 0 Å². The van der Waals surface area contributed by atoms with Crippen LogP contribution in [0.4, 0.5) is 0 Å². The standard InChI is InChI=1S/C22H28N2O6/c1-12(25)19-15-8-14(6-7-16(15)24(23-19)11-22(3,4)5)30-18-10-28-20-17(29-13(2)26)9-27-21(18)20/h6-8,17-18,20-21H,9-11H2,1-5H3/t17-,18-,20-,21-/m1/s1. The van der Waals surface area contributed by atoms with Crippen LogP contribution in [0.25, 0.3) is 10.9 Å². The molecule has 1 aromatic heterocycles. The Hall–Kier alpha value is -2.45. The topological polar surface area (TPSA) is 88.9 Å². The van der Waals surface area contributed by atoms with E-state index in [2.05, 4.69) is 25.9 Å². The van der Waals surface area contributed by atoms with E-state index in [1.165, 1.54) is 13.8 Å². The zero-order chi connectivity index (χ0) is 21.6. The molecule has 30 heavy (non-hydrogen) atoms. The SMILES string of the molecule is CC(=O)O[C@@H]1CO[C@H]2[C@@H]1OC[C@H]2Oc1ccc2c(c1)c(C(C)=O)nn2CC(C)(C)C. The van der Waals surface area contributed by atoms with Crippen molar-refractivity contribution in [2.75, 3.05) is 13.2 Å². The van der Waals surface area contributed by atoms with Crippen molar-refractivity contribution in [3.63, 3.8) is 0 Å². The van der Waals surface area contributed by atoms with E-state index in [1.54, 1.807) is 0 Å². The number of benzene rings is 1. The summed E-state index contributed by atoms with van der Waals surface area (Å²) in [6.45, 7) is 10.6. The minimum absolute atomic E-state index is 0.0245. The summed E-state index contributed by atoms with van der Waals surface area (Å²) in [5, 5.41) is 5.32. The number of carbonyl (C=O) groups is 2. The monoisotopic (exact) mass is 416 g/mol. The molecule has 0 spiro atoms. The van der Waals surface area contributed by atoms with E-state index in [9.17, 15) is 9.59 Å². The van der Waals surface area contributed by atoms with Gasteiger partial charge in [-0.1, -0.05) is 20.8 Å². The van der Waals surface area contributed by atoms with E-state index >= 15 is 0 Å². The molecule has 0 bridgehead atoms. The van der Waals surface area contributed by atoms with Gasteiger partial charge in [0.25, 0.3) is 0 Å². The quantitative estimate of drug-likeness (QED) is 0.547. The number of ether oxygens (including phenoxy) is 4. The average molecular weight is 416 g/mol. The van der Waals surface area contributed by atoms with Crippen LogP contribution in [0.3, 0.4) is 0 Å². The second-order valence-corrected chi connectivity index (χ2v) is 9.20. The Morgan fingerprint density at radius 3 is 2.43 bits per heavy atom. The van der Waals surface area contributed by atoms with Gasteiger partial charge in [0, 0.05) is 25.8 Å². The Kier molecular flexibility index (Phi) is 5.32. The lowest BCUT2D eigenvalue weighted by atomic mass is 9.97. The summed E-state index contributed by atoms with van der Waals surface area (Å²) in [5.74, 6) is 0.179. The molecule has 0 amide bonds. The first kappa shape index (κ1) is 20.8. The molecule has 8 nitrogen and oxygen atoms in total. The van der Waals surface area contributed by atoms with Crippen molar-refractivity contribution in [3.05, 3.63) is 23.9 Å². The fraction of sp³-hybridized carbons (Fsp3) is 0.591. The summed E-state index contributed by atoms with van der Waals surface area (Å²) in [7, 11) is 0. The van der Waals surface area contributed by atoms with Crippen LogP contribution in [-0.4, -0.2) is 59.2 Å². The minimum Gasteiger partial charge on any atom is -0.485 e. The highest BCUT2D eigenvalue weighted by atomic mass is 16.7. The van der Waals surface area contributed by atoms with Gasteiger partial charge in [0.15, 0.2) is 18.0 Å². The van der Waals surface area contributed by atoms with Crippen LogP contribution in [-0.2, 0) is 25.5 Å². The highest BCUT2D eigenvalue weighted by molar-refractivity contribution is 6.05. The molecule has 2 fully saturated rings. The van der Waals surface area contributed by atoms with E-state index in [-0.39, 0.29) is 35.5 Å². The molecule has 4 rings (SSSR count). The molecular weight excluding hydrogens is 388 g/mol. The van der Waals surface area contributed by atoms with Crippen LogP contribution in [0.15, 0.2) is 18.2 Å². The first-order chi connectivity index (χ1) is 14.1. The molecule has 2 saturated heterocycles. The maximum Gasteiger partial charge on any atom is 0.303 e. The second-order valence-electron chi connectivity index (χ2n) is 9.20. The first-order valence-electron chi connectivity index (χ1n) is 10.2. The smallest absolute Gasteiger partial charge is 0.303 e. The summed E-state index contributed by atoms with van der Waals surface area (Å²) in [4.78, 5) is 23.4. The predicted octanol–water partition coefficient (Wildman–Crippen LogP) is 2.76. The maximum atomic E-state index is 12.2. The highest BCUT2D eigenvalue weighted by Gasteiger charge is 2.50. The molecule has 2 aliphatic rings. The van der Waals surface area contributed by atoms with Crippen LogP contribution < -0.4 is 4.74 Å². The first-order valence-corrected chi connectivity index (χ1v) is 10.2. The molecule has 2 aliphatic heterocycles. The third-order valence-electron chi connectivity index (χ3n) is 5.25. The number of esters is 1. The van der Waals surface area contributed by atoms with Crippen molar-refractivity contribution in [1.82, 2.24) is 9.78 Å². The Morgan fingerprint density at radius 1 is 1.13 bits per heavy atom. The van der Waals surface area contributed by atoms with Gasteiger partial charge in [0.1, 0.15) is 23.7 Å². The second kappa shape index (κ2) is 7.67. The summed E-state index contributed by atoms with van der Waals surface area (Å²) in [6.07, 6.45) is -1.37. The number of Topliss-reactive ketones (excluding diaryl/α,β-unsaturated/α-hetero) is 1. The van der Waals surface area contributed by atoms with Crippen LogP contribution in [0.1, 0.15) is 45.1 Å². The lowest BCUT2D eigenvalue weighted by Crippen LogP contribution is -2.36. The number of hydrogen-bond donors (Lipinski definition) is 0. The Morgan fingerprint density at radius 2 is 1.80 bits per heavy atom. The van der Waals surface area contributed by atoms with Gasteiger partial charge in [-0.2, -0.15) is 5.10 Å². The van der Waals surface area contributed by atoms with Crippen LogP contribution in [0, 0.1) is 5.41 Å². The van der Waals surface area contributed by atoms with Crippen molar-refractivity contribution < 1.29 is 28.5 Å². The van der Waals surface area contributed by atoms with E-state index in [1.807, 2.05) is 22.9 Å². The van der Waals surface area contributed by atoms with Crippen LogP contribution in [0.2, 0.25) is 0 Å². The lowest BCUT2D eigenvalue weighted by Gasteiger charge is -2.19. The van der Waals surface area contributed by atoms with E-state index in [0.717, 1.165) is 10.9 Å². The summed E-state index contributed by atoms with van der Waals surface area (Å²) in [5.41, 5.74) is 1.36. The van der Waals surface area contributed by atoms with Gasteiger partial charge < -0.3 is 18.9 Å². The average Bonchev–Trinajstić information content (AvgIpc) is 3.30. The van der Waals surface area contributed by atoms with Gasteiger partial charge in [-0.15, -0.1) is 0 Å². The molecule has 0 unspecified atom stereocenters. The molecule has 4 atom stereocenters. The molecule has 8 heteroatoms. The lowest BCUT2D eigenvalue weighted by molar-refractivity contribution is -0.150. The van der Waals surface area contributed by atoms with Gasteiger partial charge in [-0.25, -0.2) is 0 Å². The highest BCUT2D eigenvalue weighted by Crippen LogP contribution is 2.33. The normalized spacial score (nSPS) is 26.0. The number of carbonyl (C=O) groups excluding carboxylic acids is 2. The van der Waals surface area contributed by atoms with Gasteiger partial charge in [-0.3, -0.25) is 14.3 Å². The molecular formula is C22H28N2O6. The molecule has 0 N–H and O–H groups in total. The Bertz CT molecular complexity index is 976. The third kappa shape index (κ3) is 4.06. The van der Waals surface area contributed by atoms with Gasteiger partial charge in [0.05, 0.1) is 18.7 Å². The van der Waals surface area contributed by atoms with Crippen molar-refractivity contribution >= 4 is 22.7 Å². The van der Waals surface area contributed by atoms with E-state index in [0.29, 0.717) is 31.2 Å². The maximum absolute atomic E-state index is 12.2. The molecule has 162 valence electrons.